The van der Waals surface area contributed by atoms with E-state index in [1.54, 1.807) is 42.5 Å². The van der Waals surface area contributed by atoms with Crippen molar-refractivity contribution in [3.05, 3.63) is 91.1 Å². The molecule has 1 aromatic heterocycles. The van der Waals surface area contributed by atoms with Gasteiger partial charge in [0.2, 0.25) is 5.91 Å². The highest BCUT2D eigenvalue weighted by Gasteiger charge is 2.65. The van der Waals surface area contributed by atoms with E-state index in [1.165, 1.54) is 37.1 Å². The number of hydrogen-bond donors (Lipinski definition) is 1. The van der Waals surface area contributed by atoms with Crippen molar-refractivity contribution >= 4 is 46.3 Å². The van der Waals surface area contributed by atoms with E-state index in [0.717, 1.165) is 17.8 Å². The predicted octanol–water partition coefficient (Wildman–Crippen LogP) is 6.13. The monoisotopic (exact) mass is 582 g/mol. The number of ether oxygens (including phenoxy) is 1. The molecular weight excluding hydrogens is 556 g/mol. The number of halogens is 1. The Bertz CT molecular complexity index is 1500. The minimum absolute atomic E-state index is 0.222. The van der Waals surface area contributed by atoms with E-state index in [9.17, 15) is 29.6 Å². The third-order valence-electron chi connectivity index (χ3n) is 8.20. The number of amides is 1. The lowest BCUT2D eigenvalue weighted by atomic mass is 9.72. The first-order valence-electron chi connectivity index (χ1n) is 12.8. The lowest BCUT2D eigenvalue weighted by molar-refractivity contribution is -0.385. The number of nitro benzene ring substituents is 1. The zero-order chi connectivity index (χ0) is 28.8. The number of ketones is 1. The summed E-state index contributed by atoms with van der Waals surface area (Å²) in [6, 6.07) is 14.6. The Morgan fingerprint density at radius 1 is 1.10 bits per heavy atom. The molecule has 3 aromatic rings. The number of benzene rings is 2. The molecule has 1 saturated heterocycles. The maximum absolute atomic E-state index is 14.4. The second-order valence-corrected chi connectivity index (χ2v) is 12.0. The molecule has 1 amide bonds. The average Bonchev–Trinajstić information content (AvgIpc) is 3.46. The van der Waals surface area contributed by atoms with Gasteiger partial charge in [0.05, 0.1) is 33.2 Å². The summed E-state index contributed by atoms with van der Waals surface area (Å²) in [6.07, 6.45) is 2.05. The number of carbonyl (C=O) groups is 3. The van der Waals surface area contributed by atoms with Gasteiger partial charge >= 0.3 is 5.97 Å². The van der Waals surface area contributed by atoms with E-state index in [2.05, 4.69) is 0 Å². The third kappa shape index (κ3) is 4.54. The SMILES string of the molecule is COc1cccc(C2C(C(=O)c3ccc(Cl)s3)C(c3cccc([N+](=O)[O-])c3)N(C(=O)C3CCC3)C2(C)C(=O)O)c1. The van der Waals surface area contributed by atoms with E-state index in [1.807, 2.05) is 0 Å². The number of likely N-dealkylation sites (tertiary alicyclic amines) is 1. The van der Waals surface area contributed by atoms with Crippen molar-refractivity contribution in [3.8, 4) is 5.75 Å². The van der Waals surface area contributed by atoms with Crippen molar-refractivity contribution in [2.75, 3.05) is 7.11 Å². The van der Waals surface area contributed by atoms with Gasteiger partial charge in [-0.3, -0.25) is 19.7 Å². The summed E-state index contributed by atoms with van der Waals surface area (Å²) in [4.78, 5) is 54.6. The quantitative estimate of drug-likeness (QED) is 0.192. The van der Waals surface area contributed by atoms with Crippen molar-refractivity contribution in [2.45, 2.75) is 43.7 Å². The summed E-state index contributed by atoms with van der Waals surface area (Å²) in [7, 11) is 1.48. The number of methoxy groups -OCH3 is 1. The molecule has 208 valence electrons. The normalized spacial score (nSPS) is 24.4. The van der Waals surface area contributed by atoms with Crippen LogP contribution in [0, 0.1) is 22.0 Å². The molecule has 9 nitrogen and oxygen atoms in total. The number of thiophene rings is 1. The first-order chi connectivity index (χ1) is 19.1. The summed E-state index contributed by atoms with van der Waals surface area (Å²) < 4.78 is 5.80. The minimum Gasteiger partial charge on any atom is -0.497 e. The molecule has 1 N–H and O–H groups in total. The molecule has 2 fully saturated rings. The molecule has 0 radical (unpaired) electrons. The molecule has 4 unspecified atom stereocenters. The van der Waals surface area contributed by atoms with Crippen LogP contribution in [0.25, 0.3) is 0 Å². The van der Waals surface area contributed by atoms with Crippen molar-refractivity contribution in [1.29, 1.82) is 0 Å². The Morgan fingerprint density at radius 3 is 2.38 bits per heavy atom. The minimum atomic E-state index is -1.87. The number of aliphatic carboxylic acids is 1. The fourth-order valence-corrected chi connectivity index (χ4v) is 7.07. The first-order valence-corrected chi connectivity index (χ1v) is 14.0. The molecule has 0 bridgehead atoms. The van der Waals surface area contributed by atoms with Gasteiger partial charge in [-0.1, -0.05) is 42.3 Å². The fourth-order valence-electron chi connectivity index (χ4n) is 6.04. The summed E-state index contributed by atoms with van der Waals surface area (Å²) in [5.41, 5.74) is -1.26. The van der Waals surface area contributed by atoms with E-state index in [4.69, 9.17) is 16.3 Å². The first kappa shape index (κ1) is 27.8. The predicted molar refractivity (Wildman–Crippen MR) is 149 cm³/mol. The van der Waals surface area contributed by atoms with Crippen LogP contribution in [-0.4, -0.2) is 45.2 Å². The second kappa shape index (κ2) is 10.7. The summed E-state index contributed by atoms with van der Waals surface area (Å²) in [6.45, 7) is 1.47. The van der Waals surface area contributed by atoms with Crippen LogP contribution in [0.5, 0.6) is 5.75 Å². The van der Waals surface area contributed by atoms with Gasteiger partial charge < -0.3 is 14.7 Å². The van der Waals surface area contributed by atoms with E-state index < -0.39 is 46.0 Å². The molecule has 2 aromatic carbocycles. The number of nitro groups is 1. The molecule has 4 atom stereocenters. The summed E-state index contributed by atoms with van der Waals surface area (Å²) in [5.74, 6) is -4.07. The van der Waals surface area contributed by atoms with Crippen molar-refractivity contribution in [2.24, 2.45) is 11.8 Å². The molecule has 2 aliphatic rings. The van der Waals surface area contributed by atoms with E-state index in [0.29, 0.717) is 38.9 Å². The van der Waals surface area contributed by atoms with Crippen molar-refractivity contribution in [3.63, 3.8) is 0 Å². The number of hydrogen-bond acceptors (Lipinski definition) is 7. The zero-order valence-electron chi connectivity index (χ0n) is 21.8. The molecule has 0 spiro atoms. The van der Waals surface area contributed by atoms with Crippen molar-refractivity contribution < 1.29 is 29.2 Å². The molecule has 40 heavy (non-hydrogen) atoms. The largest absolute Gasteiger partial charge is 0.497 e. The lowest BCUT2D eigenvalue weighted by Gasteiger charge is -2.41. The third-order valence-corrected chi connectivity index (χ3v) is 9.45. The van der Waals surface area contributed by atoms with E-state index >= 15 is 0 Å². The maximum atomic E-state index is 14.4. The van der Waals surface area contributed by atoms with Gasteiger partial charge in [-0.25, -0.2) is 4.79 Å². The number of carboxylic acids is 1. The topological polar surface area (TPSA) is 127 Å². The van der Waals surface area contributed by atoms with Crippen LogP contribution in [0.4, 0.5) is 5.69 Å². The Labute approximate surface area is 239 Å². The van der Waals surface area contributed by atoms with Crippen LogP contribution in [-0.2, 0) is 9.59 Å². The maximum Gasteiger partial charge on any atom is 0.330 e. The van der Waals surface area contributed by atoms with Gasteiger partial charge in [0.1, 0.15) is 11.3 Å². The van der Waals surface area contributed by atoms with Gasteiger partial charge in [0, 0.05) is 24.0 Å². The number of non-ortho nitro benzene ring substituents is 1. The van der Waals surface area contributed by atoms with Gasteiger partial charge in [-0.2, -0.15) is 0 Å². The van der Waals surface area contributed by atoms with Crippen LogP contribution >= 0.6 is 22.9 Å². The number of nitrogens with zero attached hydrogens (tertiary/aromatic N) is 2. The smallest absolute Gasteiger partial charge is 0.330 e. The molecule has 1 saturated carbocycles. The fraction of sp³-hybridized carbons (Fsp3) is 0.345. The number of carbonyl (C=O) groups excluding carboxylic acids is 2. The zero-order valence-corrected chi connectivity index (χ0v) is 23.4. The Hall–Kier alpha value is -3.76. The molecule has 1 aliphatic carbocycles. The average molecular weight is 583 g/mol. The van der Waals surface area contributed by atoms with Crippen LogP contribution in [0.2, 0.25) is 4.34 Å². The Kier molecular flexibility index (Phi) is 7.41. The van der Waals surface area contributed by atoms with Crippen LogP contribution < -0.4 is 4.74 Å². The van der Waals surface area contributed by atoms with Crippen molar-refractivity contribution in [1.82, 2.24) is 4.90 Å². The van der Waals surface area contributed by atoms with Gasteiger partial charge in [0.25, 0.3) is 5.69 Å². The lowest BCUT2D eigenvalue weighted by Crippen LogP contribution is -2.56. The number of rotatable bonds is 8. The van der Waals surface area contributed by atoms with Crippen LogP contribution in [0.1, 0.15) is 58.9 Å². The molecule has 1 aliphatic heterocycles. The highest BCUT2D eigenvalue weighted by molar-refractivity contribution is 7.18. The van der Waals surface area contributed by atoms with Crippen LogP contribution in [0.3, 0.4) is 0 Å². The molecular formula is C29H27ClN2O7S. The number of carboxylic acid groups (broad SMARTS) is 1. The van der Waals surface area contributed by atoms with Gasteiger partial charge in [0.15, 0.2) is 5.78 Å². The standard InChI is InChI=1S/C29H27ClN2O7S/c1-29(28(35)36)24(17-8-5-11-20(15-17)39-2)23(26(33)21-12-13-22(30)40-21)25(31(29)27(34)16-6-3-7-16)18-9-4-10-19(14-18)32(37)38/h4-5,8-16,23-25H,3,6-7H2,1-2H3,(H,35,36). The van der Waals surface area contributed by atoms with E-state index in [-0.39, 0.29) is 11.6 Å². The Morgan fingerprint density at radius 2 is 1.80 bits per heavy atom. The summed E-state index contributed by atoms with van der Waals surface area (Å²) >= 11 is 7.25. The second-order valence-electron chi connectivity index (χ2n) is 10.3. The van der Waals surface area contributed by atoms with Crippen LogP contribution in [0.15, 0.2) is 60.7 Å². The highest BCUT2D eigenvalue weighted by Crippen LogP contribution is 2.58. The summed E-state index contributed by atoms with van der Waals surface area (Å²) in [5, 5.41) is 22.6. The molecule has 2 heterocycles. The van der Waals surface area contributed by atoms with Gasteiger partial charge in [-0.05, 0) is 55.2 Å². The molecule has 11 heteroatoms. The number of Topliss-reactive ketones (excluding diaryl/α,β-unsaturated/α-hetero) is 1. The molecule has 5 rings (SSSR count). The Balaban J connectivity index is 1.82. The highest BCUT2D eigenvalue weighted by atomic mass is 35.5. The van der Waals surface area contributed by atoms with Gasteiger partial charge in [-0.15, -0.1) is 11.3 Å².